The first-order valence-electron chi connectivity index (χ1n) is 4.39. The predicted molar refractivity (Wildman–Crippen MR) is 53.9 cm³/mol. The lowest BCUT2D eigenvalue weighted by Crippen LogP contribution is -2.08. The van der Waals surface area contributed by atoms with Gasteiger partial charge in [-0.3, -0.25) is 0 Å². The molecule has 1 atom stereocenters. The highest BCUT2D eigenvalue weighted by atomic mass is 35.5. The van der Waals surface area contributed by atoms with Crippen molar-refractivity contribution in [1.82, 2.24) is 10.3 Å². The summed E-state index contributed by atoms with van der Waals surface area (Å²) in [5, 5.41) is 3.70. The number of hydrogen-bond acceptors (Lipinski definition) is 3. The van der Waals surface area contributed by atoms with E-state index in [1.54, 1.807) is 0 Å². The van der Waals surface area contributed by atoms with Crippen molar-refractivity contribution in [3.8, 4) is 0 Å². The second-order valence-corrected chi connectivity index (χ2v) is 3.70. The van der Waals surface area contributed by atoms with Gasteiger partial charge in [0.15, 0.2) is 5.15 Å². The van der Waals surface area contributed by atoms with Crippen molar-refractivity contribution < 1.29 is 0 Å². The Labute approximate surface area is 82.3 Å². The summed E-state index contributed by atoms with van der Waals surface area (Å²) in [7, 11) is 0. The summed E-state index contributed by atoms with van der Waals surface area (Å²) in [6.07, 6.45) is 2.97. The molecular formula is C9H12ClN3. The zero-order valence-electron chi connectivity index (χ0n) is 7.26. The molecule has 70 valence electrons. The maximum atomic E-state index is 5.74. The third-order valence-corrected chi connectivity index (χ3v) is 2.73. The van der Waals surface area contributed by atoms with Gasteiger partial charge in [0.25, 0.3) is 0 Å². The normalized spacial score (nSPS) is 22.1. The van der Waals surface area contributed by atoms with Crippen LogP contribution in [0.15, 0.2) is 12.3 Å². The zero-order chi connectivity index (χ0) is 9.26. The molecule has 0 amide bonds. The van der Waals surface area contributed by atoms with Gasteiger partial charge in [0.2, 0.25) is 0 Å². The quantitative estimate of drug-likeness (QED) is 0.670. The van der Waals surface area contributed by atoms with E-state index in [4.69, 9.17) is 17.3 Å². The van der Waals surface area contributed by atoms with E-state index in [9.17, 15) is 0 Å². The first-order valence-corrected chi connectivity index (χ1v) is 4.77. The highest BCUT2D eigenvalue weighted by Gasteiger charge is 2.17. The Morgan fingerprint density at radius 1 is 1.62 bits per heavy atom. The minimum absolute atomic E-state index is 0.398. The van der Waals surface area contributed by atoms with Gasteiger partial charge >= 0.3 is 0 Å². The van der Waals surface area contributed by atoms with Crippen molar-refractivity contribution in [1.29, 1.82) is 0 Å². The van der Waals surface area contributed by atoms with Crippen LogP contribution < -0.4 is 11.1 Å². The van der Waals surface area contributed by atoms with Crippen LogP contribution in [0.3, 0.4) is 0 Å². The number of nitrogens with zero attached hydrogens (tertiary/aromatic N) is 1. The number of hydrogen-bond donors (Lipinski definition) is 2. The fraction of sp³-hybridized carbons (Fsp3) is 0.444. The van der Waals surface area contributed by atoms with Gasteiger partial charge in [-0.05, 0) is 30.5 Å². The fourth-order valence-corrected chi connectivity index (χ4v) is 1.75. The highest BCUT2D eigenvalue weighted by Crippen LogP contribution is 2.25. The molecular weight excluding hydrogens is 186 g/mol. The van der Waals surface area contributed by atoms with Gasteiger partial charge in [0, 0.05) is 12.7 Å². The predicted octanol–water partition coefficient (Wildman–Crippen LogP) is 1.39. The summed E-state index contributed by atoms with van der Waals surface area (Å²) < 4.78 is 0. The van der Waals surface area contributed by atoms with Crippen LogP contribution in [0.2, 0.25) is 5.15 Å². The number of pyridine rings is 1. The molecule has 1 fully saturated rings. The van der Waals surface area contributed by atoms with E-state index in [-0.39, 0.29) is 0 Å². The number of anilines is 1. The zero-order valence-corrected chi connectivity index (χ0v) is 8.01. The van der Waals surface area contributed by atoms with Crippen LogP contribution in [-0.4, -0.2) is 18.1 Å². The highest BCUT2D eigenvalue weighted by molar-refractivity contribution is 6.31. The molecule has 1 saturated heterocycles. The van der Waals surface area contributed by atoms with Gasteiger partial charge in [0.1, 0.15) is 0 Å². The Morgan fingerprint density at radius 3 is 3.08 bits per heavy atom. The van der Waals surface area contributed by atoms with Crippen LogP contribution in [0, 0.1) is 0 Å². The lowest BCUT2D eigenvalue weighted by atomic mass is 10.0. The molecule has 3 N–H and O–H groups in total. The average molecular weight is 198 g/mol. The minimum Gasteiger partial charge on any atom is -0.396 e. The smallest absolute Gasteiger partial charge is 0.151 e. The van der Waals surface area contributed by atoms with Gasteiger partial charge in [-0.1, -0.05) is 11.6 Å². The minimum atomic E-state index is 0.398. The van der Waals surface area contributed by atoms with Crippen molar-refractivity contribution in [2.24, 2.45) is 0 Å². The fourth-order valence-electron chi connectivity index (χ4n) is 1.64. The number of halogens is 1. The molecule has 1 aromatic rings. The van der Waals surface area contributed by atoms with E-state index in [1.807, 2.05) is 12.3 Å². The molecule has 0 saturated carbocycles. The lowest BCUT2D eigenvalue weighted by Gasteiger charge is -2.08. The first-order chi connectivity index (χ1) is 6.27. The molecule has 2 rings (SSSR count). The molecule has 1 aromatic heterocycles. The van der Waals surface area contributed by atoms with Gasteiger partial charge < -0.3 is 11.1 Å². The molecule has 0 bridgehead atoms. The molecule has 2 heterocycles. The van der Waals surface area contributed by atoms with Crippen LogP contribution in [-0.2, 0) is 0 Å². The Balaban J connectivity index is 2.25. The summed E-state index contributed by atoms with van der Waals surface area (Å²) in [5.74, 6) is 0.548. The molecule has 3 nitrogen and oxygen atoms in total. The summed E-state index contributed by atoms with van der Waals surface area (Å²) in [5.41, 5.74) is 7.44. The summed E-state index contributed by atoms with van der Waals surface area (Å²) >= 11 is 5.74. The van der Waals surface area contributed by atoms with Crippen molar-refractivity contribution in [2.75, 3.05) is 18.8 Å². The van der Waals surface area contributed by atoms with Gasteiger partial charge in [0.05, 0.1) is 5.69 Å². The Morgan fingerprint density at radius 2 is 2.46 bits per heavy atom. The van der Waals surface area contributed by atoms with Gasteiger partial charge in [-0.2, -0.15) is 0 Å². The number of nitrogen functional groups attached to an aromatic ring is 1. The second-order valence-electron chi connectivity index (χ2n) is 3.34. The summed E-state index contributed by atoms with van der Waals surface area (Å²) in [6, 6.07) is 1.92. The molecule has 4 heteroatoms. The monoisotopic (exact) mass is 197 g/mol. The number of nitrogens with two attached hydrogens (primary N) is 1. The van der Waals surface area contributed by atoms with Gasteiger partial charge in [-0.15, -0.1) is 0 Å². The lowest BCUT2D eigenvalue weighted by molar-refractivity contribution is 0.759. The van der Waals surface area contributed by atoms with Crippen LogP contribution >= 0.6 is 11.6 Å². The van der Waals surface area contributed by atoms with Crippen molar-refractivity contribution >= 4 is 17.3 Å². The molecule has 1 aliphatic heterocycles. The van der Waals surface area contributed by atoms with Crippen molar-refractivity contribution in [3.05, 3.63) is 23.0 Å². The molecule has 0 aromatic carbocycles. The van der Waals surface area contributed by atoms with E-state index in [2.05, 4.69) is 10.3 Å². The number of aromatic nitrogens is 1. The largest absolute Gasteiger partial charge is 0.396 e. The number of nitrogens with one attached hydrogen (secondary N) is 1. The molecule has 0 spiro atoms. The summed E-state index contributed by atoms with van der Waals surface area (Å²) in [4.78, 5) is 4.04. The van der Waals surface area contributed by atoms with Crippen LogP contribution in [0.5, 0.6) is 0 Å². The molecule has 0 radical (unpaired) electrons. The van der Waals surface area contributed by atoms with Crippen molar-refractivity contribution in [2.45, 2.75) is 12.3 Å². The first kappa shape index (κ1) is 8.78. The Kier molecular flexibility index (Phi) is 2.38. The standard InChI is InChI=1S/C9H12ClN3/c10-9-8(11)3-7(5-13-9)6-1-2-12-4-6/h3,5-6,12H,1-2,4,11H2. The van der Waals surface area contributed by atoms with E-state index in [0.29, 0.717) is 16.8 Å². The molecule has 0 aliphatic carbocycles. The average Bonchev–Trinajstić information content (AvgIpc) is 2.62. The SMILES string of the molecule is Nc1cc(C2CCNC2)cnc1Cl. The third kappa shape index (κ3) is 1.76. The van der Waals surface area contributed by atoms with Crippen molar-refractivity contribution in [3.63, 3.8) is 0 Å². The van der Waals surface area contributed by atoms with Crippen LogP contribution in [0.25, 0.3) is 0 Å². The maximum absolute atomic E-state index is 5.74. The van der Waals surface area contributed by atoms with Crippen LogP contribution in [0.4, 0.5) is 5.69 Å². The summed E-state index contributed by atoms with van der Waals surface area (Å²) in [6.45, 7) is 2.09. The topological polar surface area (TPSA) is 50.9 Å². The molecule has 13 heavy (non-hydrogen) atoms. The molecule has 1 aliphatic rings. The third-order valence-electron chi connectivity index (χ3n) is 2.42. The van der Waals surface area contributed by atoms with E-state index in [1.165, 1.54) is 5.56 Å². The van der Waals surface area contributed by atoms with E-state index < -0.39 is 0 Å². The number of rotatable bonds is 1. The molecule has 1 unspecified atom stereocenters. The Bertz CT molecular complexity index is 308. The van der Waals surface area contributed by atoms with E-state index in [0.717, 1.165) is 19.5 Å². The van der Waals surface area contributed by atoms with Crippen LogP contribution in [0.1, 0.15) is 17.9 Å². The maximum Gasteiger partial charge on any atom is 0.151 e. The Hall–Kier alpha value is -0.800. The second kappa shape index (κ2) is 3.52. The van der Waals surface area contributed by atoms with E-state index >= 15 is 0 Å². The van der Waals surface area contributed by atoms with Gasteiger partial charge in [-0.25, -0.2) is 4.98 Å².